The normalized spacial score (nSPS) is 33.4. The minimum atomic E-state index is -4.14. The molecule has 4 N–H and O–H groups in total. The Morgan fingerprint density at radius 2 is 2.33 bits per heavy atom. The lowest BCUT2D eigenvalue weighted by atomic mass is 10.1. The van der Waals surface area contributed by atoms with E-state index in [-0.39, 0.29) is 19.0 Å². The Hall–Kier alpha value is -1.31. The maximum atomic E-state index is 11.8. The van der Waals surface area contributed by atoms with Gasteiger partial charge in [-0.05, 0) is 0 Å². The quantitative estimate of drug-likeness (QED) is 0.336. The number of nitrogens with zero attached hydrogens (tertiary/aromatic N) is 4. The number of hydrogen-bond acceptors (Lipinski definition) is 11. The summed E-state index contributed by atoms with van der Waals surface area (Å²) in [4.78, 5) is 22.4. The summed E-state index contributed by atoms with van der Waals surface area (Å²) in [6, 6.07) is 0. The molecule has 12 nitrogen and oxygen atoms in total. The van der Waals surface area contributed by atoms with Gasteiger partial charge in [0.15, 0.2) is 22.8 Å². The van der Waals surface area contributed by atoms with Crippen molar-refractivity contribution in [3.8, 4) is 0 Å². The van der Waals surface area contributed by atoms with Gasteiger partial charge in [0.1, 0.15) is 23.8 Å². The maximum absolute atomic E-state index is 11.8. The Bertz CT molecular complexity index is 897. The molecule has 27 heavy (non-hydrogen) atoms. The van der Waals surface area contributed by atoms with E-state index in [0.717, 1.165) is 0 Å². The van der Waals surface area contributed by atoms with Crippen LogP contribution in [0.3, 0.4) is 0 Å². The Morgan fingerprint density at radius 1 is 1.52 bits per heavy atom. The number of imidazole rings is 1. The summed E-state index contributed by atoms with van der Waals surface area (Å²) in [5.74, 6) is 0.615. The van der Waals surface area contributed by atoms with E-state index < -0.39 is 32.4 Å². The molecule has 0 bridgehead atoms. The van der Waals surface area contributed by atoms with E-state index in [1.165, 1.54) is 25.2 Å². The lowest BCUT2D eigenvalue weighted by Gasteiger charge is -2.29. The number of phosphoric acid groups is 1. The first-order chi connectivity index (χ1) is 12.9. The highest BCUT2D eigenvalue weighted by molar-refractivity contribution is 7.99. The molecule has 2 aliphatic rings. The first kappa shape index (κ1) is 19.0. The molecule has 0 amide bonds. The number of thioether (sulfide) groups is 1. The molecule has 4 rings (SSSR count). The van der Waals surface area contributed by atoms with Gasteiger partial charge in [0, 0.05) is 12.9 Å². The van der Waals surface area contributed by atoms with Crippen molar-refractivity contribution < 1.29 is 33.1 Å². The molecule has 14 heteroatoms. The van der Waals surface area contributed by atoms with E-state index in [0.29, 0.717) is 22.1 Å². The van der Waals surface area contributed by atoms with E-state index in [4.69, 9.17) is 29.4 Å². The summed E-state index contributed by atoms with van der Waals surface area (Å²) in [5, 5.41) is 9.38. The maximum Gasteiger partial charge on any atom is 0.472 e. The Balaban J connectivity index is 1.71. The van der Waals surface area contributed by atoms with Gasteiger partial charge in [-0.2, -0.15) is 0 Å². The molecule has 0 radical (unpaired) electrons. The largest absolute Gasteiger partial charge is 0.472 e. The average Bonchev–Trinajstić information content (AvgIpc) is 3.19. The number of aliphatic hydroxyl groups is 1. The first-order valence-corrected chi connectivity index (χ1v) is 10.5. The Morgan fingerprint density at radius 3 is 3.07 bits per heavy atom. The summed E-state index contributed by atoms with van der Waals surface area (Å²) in [6.07, 6.45) is -1.30. The third-order valence-electron chi connectivity index (χ3n) is 4.24. The van der Waals surface area contributed by atoms with E-state index in [1.54, 1.807) is 4.57 Å². The third-order valence-corrected chi connectivity index (χ3v) is 6.05. The van der Waals surface area contributed by atoms with E-state index >= 15 is 0 Å². The number of nitrogens with two attached hydrogens (primary N) is 1. The number of aromatic nitrogens is 4. The zero-order chi connectivity index (χ0) is 19.2. The molecular weight excluding hydrogens is 401 g/mol. The SMILES string of the molecule is COC1C2OP(=O)(O)OCC2OC1n1cnc2c(N)nc(SCCO)nc21. The van der Waals surface area contributed by atoms with Crippen LogP contribution in [0.25, 0.3) is 11.2 Å². The number of anilines is 1. The molecule has 0 saturated carbocycles. The van der Waals surface area contributed by atoms with Gasteiger partial charge in [-0.25, -0.2) is 19.5 Å². The fourth-order valence-electron chi connectivity index (χ4n) is 3.10. The molecule has 148 valence electrons. The minimum Gasteiger partial charge on any atom is -0.396 e. The highest BCUT2D eigenvalue weighted by Gasteiger charge is 2.53. The van der Waals surface area contributed by atoms with Gasteiger partial charge in [0.25, 0.3) is 0 Å². The number of rotatable bonds is 5. The van der Waals surface area contributed by atoms with Gasteiger partial charge in [0.2, 0.25) is 0 Å². The van der Waals surface area contributed by atoms with Crippen LogP contribution in [0.4, 0.5) is 5.82 Å². The molecule has 5 atom stereocenters. The minimum absolute atomic E-state index is 0.0232. The number of hydrogen-bond donors (Lipinski definition) is 3. The van der Waals surface area contributed by atoms with Crippen LogP contribution in [0.5, 0.6) is 0 Å². The number of phosphoric ester groups is 1. The highest BCUT2D eigenvalue weighted by Crippen LogP contribution is 2.53. The van der Waals surface area contributed by atoms with Crippen LogP contribution in [-0.2, 0) is 23.1 Å². The fraction of sp³-hybridized carbons (Fsp3) is 0.615. The summed E-state index contributed by atoms with van der Waals surface area (Å²) < 4.78 is 34.8. The highest BCUT2D eigenvalue weighted by atomic mass is 32.2. The molecule has 0 aliphatic carbocycles. The van der Waals surface area contributed by atoms with E-state index in [9.17, 15) is 9.46 Å². The van der Waals surface area contributed by atoms with Crippen molar-refractivity contribution in [1.29, 1.82) is 0 Å². The zero-order valence-electron chi connectivity index (χ0n) is 14.2. The molecule has 2 aromatic rings. The van der Waals surface area contributed by atoms with Gasteiger partial charge in [-0.15, -0.1) is 0 Å². The van der Waals surface area contributed by atoms with Crippen molar-refractivity contribution in [2.45, 2.75) is 29.7 Å². The van der Waals surface area contributed by atoms with Gasteiger partial charge in [0.05, 0.1) is 19.5 Å². The second-order valence-electron chi connectivity index (χ2n) is 5.89. The number of nitrogen functional groups attached to an aromatic ring is 1. The second-order valence-corrected chi connectivity index (χ2v) is 8.36. The number of aliphatic hydroxyl groups excluding tert-OH is 1. The molecule has 0 spiro atoms. The Kier molecular flexibility index (Phi) is 5.12. The topological polar surface area (TPSA) is 164 Å². The van der Waals surface area contributed by atoms with Crippen LogP contribution in [-0.4, -0.2) is 73.9 Å². The average molecular weight is 419 g/mol. The summed E-state index contributed by atoms with van der Waals surface area (Å²) in [6.45, 7) is -0.124. The van der Waals surface area contributed by atoms with E-state index in [2.05, 4.69) is 15.0 Å². The smallest absolute Gasteiger partial charge is 0.396 e. The van der Waals surface area contributed by atoms with Crippen molar-refractivity contribution >= 4 is 36.6 Å². The van der Waals surface area contributed by atoms with Crippen molar-refractivity contribution in [2.24, 2.45) is 0 Å². The third kappa shape index (κ3) is 3.45. The summed E-state index contributed by atoms with van der Waals surface area (Å²) in [7, 11) is -2.69. The van der Waals surface area contributed by atoms with Gasteiger partial charge >= 0.3 is 7.82 Å². The van der Waals surface area contributed by atoms with Crippen molar-refractivity contribution in [1.82, 2.24) is 19.5 Å². The van der Waals surface area contributed by atoms with Crippen molar-refractivity contribution in [3.63, 3.8) is 0 Å². The van der Waals surface area contributed by atoms with Crippen LogP contribution in [0.1, 0.15) is 6.23 Å². The molecule has 2 aromatic heterocycles. The molecule has 2 fully saturated rings. The van der Waals surface area contributed by atoms with E-state index in [1.807, 2.05) is 0 Å². The van der Waals surface area contributed by atoms with Gasteiger partial charge < -0.3 is 25.2 Å². The first-order valence-electron chi connectivity index (χ1n) is 8.01. The number of fused-ring (bicyclic) bond motifs is 2. The molecular formula is C13H18N5O7PS. The Labute approximate surface area is 157 Å². The lowest BCUT2D eigenvalue weighted by Crippen LogP contribution is -2.40. The van der Waals surface area contributed by atoms with Crippen molar-refractivity contribution in [3.05, 3.63) is 6.33 Å². The molecule has 4 heterocycles. The molecule has 0 aromatic carbocycles. The fourth-order valence-corrected chi connectivity index (χ4v) is 4.65. The van der Waals surface area contributed by atoms with Crippen LogP contribution in [0.2, 0.25) is 0 Å². The number of ether oxygens (including phenoxy) is 2. The number of methoxy groups -OCH3 is 1. The van der Waals surface area contributed by atoms with Gasteiger partial charge in [-0.3, -0.25) is 13.6 Å². The molecule has 2 saturated heterocycles. The summed E-state index contributed by atoms with van der Waals surface area (Å²) >= 11 is 1.25. The predicted molar refractivity (Wildman–Crippen MR) is 92.9 cm³/mol. The zero-order valence-corrected chi connectivity index (χ0v) is 15.9. The predicted octanol–water partition coefficient (Wildman–Crippen LogP) is -0.0789. The van der Waals surface area contributed by atoms with Crippen LogP contribution in [0, 0.1) is 0 Å². The van der Waals surface area contributed by atoms with Crippen molar-refractivity contribution in [2.75, 3.05) is 31.8 Å². The standard InChI is InChI=1S/C13H18N5O7PS/c1-22-9-8-6(4-23-26(20,21)25-8)24-12(9)18-5-15-7-10(14)16-13(17-11(7)18)27-3-2-19/h5-6,8-9,12,19H,2-4H2,1H3,(H,20,21)(H2,14,16,17). The monoisotopic (exact) mass is 419 g/mol. The van der Waals surface area contributed by atoms with Crippen LogP contribution < -0.4 is 5.73 Å². The van der Waals surface area contributed by atoms with Gasteiger partial charge in [-0.1, -0.05) is 11.8 Å². The second kappa shape index (κ2) is 7.26. The lowest BCUT2D eigenvalue weighted by molar-refractivity contribution is -0.0667. The van der Waals surface area contributed by atoms with Crippen LogP contribution in [0.15, 0.2) is 11.5 Å². The summed E-state index contributed by atoms with van der Waals surface area (Å²) in [5.41, 5.74) is 6.78. The molecule has 2 aliphatic heterocycles. The van der Waals surface area contributed by atoms with Crippen LogP contribution >= 0.6 is 19.6 Å². The molecule has 5 unspecified atom stereocenters.